The number of rotatable bonds is 3. The number of benzene rings is 1. The molecule has 0 unspecified atom stereocenters. The molecule has 0 spiro atoms. The first-order valence-electron chi connectivity index (χ1n) is 6.40. The van der Waals surface area contributed by atoms with E-state index in [1.165, 1.54) is 0 Å². The Labute approximate surface area is 116 Å². The number of carbonyl (C=O) groups is 1. The summed E-state index contributed by atoms with van der Waals surface area (Å²) in [6, 6.07) is 13.6. The summed E-state index contributed by atoms with van der Waals surface area (Å²) in [6.07, 6.45) is 2.53. The molecule has 4 heteroatoms. The van der Waals surface area contributed by atoms with E-state index in [1.807, 2.05) is 53.9 Å². The third kappa shape index (κ3) is 2.16. The van der Waals surface area contributed by atoms with Crippen molar-refractivity contribution in [3.8, 4) is 0 Å². The SMILES string of the molecule is Cc1ccc2c(C(=O)O)nc(Cc3ccccc3)n2c1. The number of aromatic nitrogens is 2. The summed E-state index contributed by atoms with van der Waals surface area (Å²) in [6.45, 7) is 1.98. The molecule has 3 aromatic rings. The molecule has 0 radical (unpaired) electrons. The fourth-order valence-corrected chi connectivity index (χ4v) is 2.31. The zero-order valence-electron chi connectivity index (χ0n) is 11.1. The molecule has 4 nitrogen and oxygen atoms in total. The maximum Gasteiger partial charge on any atom is 0.356 e. The van der Waals surface area contributed by atoms with Crippen molar-refractivity contribution in [3.05, 3.63) is 71.3 Å². The molecular weight excluding hydrogens is 252 g/mol. The van der Waals surface area contributed by atoms with E-state index in [1.54, 1.807) is 6.07 Å². The highest BCUT2D eigenvalue weighted by Gasteiger charge is 2.16. The molecule has 2 heterocycles. The molecule has 1 aromatic carbocycles. The van der Waals surface area contributed by atoms with Crippen LogP contribution in [0.4, 0.5) is 0 Å². The largest absolute Gasteiger partial charge is 0.476 e. The summed E-state index contributed by atoms with van der Waals surface area (Å²) in [5, 5.41) is 9.26. The van der Waals surface area contributed by atoms with Crippen molar-refractivity contribution >= 4 is 11.5 Å². The van der Waals surface area contributed by atoms with Gasteiger partial charge in [0.2, 0.25) is 0 Å². The second-order valence-corrected chi connectivity index (χ2v) is 4.81. The molecule has 0 aliphatic rings. The van der Waals surface area contributed by atoms with E-state index in [4.69, 9.17) is 0 Å². The summed E-state index contributed by atoms with van der Waals surface area (Å²) < 4.78 is 1.87. The lowest BCUT2D eigenvalue weighted by Crippen LogP contribution is -1.97. The lowest BCUT2D eigenvalue weighted by Gasteiger charge is -2.02. The zero-order valence-corrected chi connectivity index (χ0v) is 11.1. The number of nitrogens with zero attached hydrogens (tertiary/aromatic N) is 2. The highest BCUT2D eigenvalue weighted by molar-refractivity contribution is 5.93. The lowest BCUT2D eigenvalue weighted by molar-refractivity contribution is 0.0693. The Balaban J connectivity index is 2.15. The van der Waals surface area contributed by atoms with Gasteiger partial charge in [0.1, 0.15) is 5.82 Å². The molecule has 0 fully saturated rings. The molecule has 0 saturated carbocycles. The number of imidazole rings is 1. The lowest BCUT2D eigenvalue weighted by atomic mass is 10.1. The quantitative estimate of drug-likeness (QED) is 0.793. The fourth-order valence-electron chi connectivity index (χ4n) is 2.31. The molecule has 0 aliphatic heterocycles. The predicted octanol–water partition coefficient (Wildman–Crippen LogP) is 2.93. The van der Waals surface area contributed by atoms with Gasteiger partial charge in [-0.25, -0.2) is 9.78 Å². The smallest absolute Gasteiger partial charge is 0.356 e. The predicted molar refractivity (Wildman–Crippen MR) is 76.1 cm³/mol. The third-order valence-electron chi connectivity index (χ3n) is 3.27. The van der Waals surface area contributed by atoms with Crippen LogP contribution in [0.2, 0.25) is 0 Å². The average Bonchev–Trinajstić information content (AvgIpc) is 2.78. The number of hydrogen-bond acceptors (Lipinski definition) is 2. The topological polar surface area (TPSA) is 54.6 Å². The van der Waals surface area contributed by atoms with Gasteiger partial charge >= 0.3 is 5.97 Å². The van der Waals surface area contributed by atoms with Crippen LogP contribution in [0.5, 0.6) is 0 Å². The Hall–Kier alpha value is -2.62. The van der Waals surface area contributed by atoms with E-state index >= 15 is 0 Å². The van der Waals surface area contributed by atoms with E-state index in [0.717, 1.165) is 17.0 Å². The molecule has 100 valence electrons. The van der Waals surface area contributed by atoms with Crippen LogP contribution in [-0.2, 0) is 6.42 Å². The first kappa shape index (κ1) is 12.4. The average molecular weight is 266 g/mol. The minimum Gasteiger partial charge on any atom is -0.476 e. The Morgan fingerprint density at radius 2 is 1.95 bits per heavy atom. The maximum absolute atomic E-state index is 11.3. The molecule has 0 amide bonds. The van der Waals surface area contributed by atoms with E-state index in [2.05, 4.69) is 4.98 Å². The Bertz CT molecular complexity index is 776. The zero-order chi connectivity index (χ0) is 14.1. The highest BCUT2D eigenvalue weighted by atomic mass is 16.4. The van der Waals surface area contributed by atoms with Gasteiger partial charge in [-0.1, -0.05) is 36.4 Å². The van der Waals surface area contributed by atoms with Gasteiger partial charge in [0.15, 0.2) is 5.69 Å². The molecular formula is C16H14N2O2. The summed E-state index contributed by atoms with van der Waals surface area (Å²) in [7, 11) is 0. The number of aromatic carboxylic acids is 1. The normalized spacial score (nSPS) is 10.8. The van der Waals surface area contributed by atoms with Crippen LogP contribution in [0.1, 0.15) is 27.4 Å². The minimum atomic E-state index is -0.995. The van der Waals surface area contributed by atoms with E-state index in [9.17, 15) is 9.90 Å². The van der Waals surface area contributed by atoms with Crippen molar-refractivity contribution in [2.45, 2.75) is 13.3 Å². The van der Waals surface area contributed by atoms with Crippen LogP contribution in [0.3, 0.4) is 0 Å². The van der Waals surface area contributed by atoms with Gasteiger partial charge in [0.05, 0.1) is 5.52 Å². The second-order valence-electron chi connectivity index (χ2n) is 4.81. The van der Waals surface area contributed by atoms with Crippen LogP contribution in [0, 0.1) is 6.92 Å². The first-order chi connectivity index (χ1) is 9.65. The van der Waals surface area contributed by atoms with Crippen molar-refractivity contribution in [1.82, 2.24) is 9.38 Å². The van der Waals surface area contributed by atoms with Gasteiger partial charge in [0, 0.05) is 12.6 Å². The van der Waals surface area contributed by atoms with Gasteiger partial charge in [-0.15, -0.1) is 0 Å². The fraction of sp³-hybridized carbons (Fsp3) is 0.125. The van der Waals surface area contributed by atoms with Crippen LogP contribution in [0.15, 0.2) is 48.7 Å². The number of hydrogen-bond donors (Lipinski definition) is 1. The Morgan fingerprint density at radius 1 is 1.20 bits per heavy atom. The minimum absolute atomic E-state index is 0.107. The van der Waals surface area contributed by atoms with Crippen LogP contribution in [-0.4, -0.2) is 20.5 Å². The molecule has 1 N–H and O–H groups in total. The highest BCUT2D eigenvalue weighted by Crippen LogP contribution is 2.17. The standard InChI is InChI=1S/C16H14N2O2/c1-11-7-8-13-15(16(19)20)17-14(18(13)10-11)9-12-5-3-2-4-6-12/h2-8,10H,9H2,1H3,(H,19,20). The number of carboxylic acids is 1. The summed E-state index contributed by atoms with van der Waals surface area (Å²) >= 11 is 0. The summed E-state index contributed by atoms with van der Waals surface area (Å²) in [5.41, 5.74) is 2.92. The van der Waals surface area contributed by atoms with Crippen molar-refractivity contribution < 1.29 is 9.90 Å². The third-order valence-corrected chi connectivity index (χ3v) is 3.27. The van der Waals surface area contributed by atoms with E-state index < -0.39 is 5.97 Å². The van der Waals surface area contributed by atoms with Crippen molar-refractivity contribution in [3.63, 3.8) is 0 Å². The van der Waals surface area contributed by atoms with Gasteiger partial charge in [-0.3, -0.25) is 0 Å². The molecule has 0 saturated heterocycles. The number of pyridine rings is 1. The molecule has 20 heavy (non-hydrogen) atoms. The van der Waals surface area contributed by atoms with Gasteiger partial charge in [-0.2, -0.15) is 0 Å². The van der Waals surface area contributed by atoms with Crippen LogP contribution in [0.25, 0.3) is 5.52 Å². The summed E-state index contributed by atoms with van der Waals surface area (Å²) in [4.78, 5) is 15.6. The van der Waals surface area contributed by atoms with Gasteiger partial charge in [-0.05, 0) is 24.1 Å². The number of carboxylic acid groups (broad SMARTS) is 1. The first-order valence-corrected chi connectivity index (χ1v) is 6.40. The van der Waals surface area contributed by atoms with Gasteiger partial charge in [0.25, 0.3) is 0 Å². The molecule has 2 aromatic heterocycles. The van der Waals surface area contributed by atoms with Crippen molar-refractivity contribution in [2.75, 3.05) is 0 Å². The Morgan fingerprint density at radius 3 is 2.65 bits per heavy atom. The van der Waals surface area contributed by atoms with Crippen molar-refractivity contribution in [1.29, 1.82) is 0 Å². The molecule has 3 rings (SSSR count). The van der Waals surface area contributed by atoms with Crippen LogP contribution >= 0.6 is 0 Å². The molecule has 0 atom stereocenters. The van der Waals surface area contributed by atoms with E-state index in [0.29, 0.717) is 11.9 Å². The number of aryl methyl sites for hydroxylation is 1. The van der Waals surface area contributed by atoms with Crippen LogP contribution < -0.4 is 0 Å². The second kappa shape index (κ2) is 4.81. The summed E-state index contributed by atoms with van der Waals surface area (Å²) in [5.74, 6) is -0.252. The molecule has 0 aliphatic carbocycles. The van der Waals surface area contributed by atoms with Gasteiger partial charge < -0.3 is 9.51 Å². The molecule has 0 bridgehead atoms. The Kier molecular flexibility index (Phi) is 2.99. The van der Waals surface area contributed by atoms with E-state index in [-0.39, 0.29) is 5.69 Å². The van der Waals surface area contributed by atoms with Crippen molar-refractivity contribution in [2.24, 2.45) is 0 Å². The maximum atomic E-state index is 11.3. The number of fused-ring (bicyclic) bond motifs is 1. The monoisotopic (exact) mass is 266 g/mol.